The molecule has 11 heteroatoms. The summed E-state index contributed by atoms with van der Waals surface area (Å²) in [5.74, 6) is -0.666. The molecule has 2 aromatic heterocycles. The largest absolute Gasteiger partial charge is 0.465 e. The molecule has 0 amide bonds. The molecule has 0 N–H and O–H groups in total. The van der Waals surface area contributed by atoms with Gasteiger partial charge in [0.05, 0.1) is 30.2 Å². The maximum atomic E-state index is 13.4. The van der Waals surface area contributed by atoms with Crippen LogP contribution < -0.4 is 0 Å². The van der Waals surface area contributed by atoms with E-state index in [-0.39, 0.29) is 35.0 Å². The first-order valence-electron chi connectivity index (χ1n) is 9.97. The number of methoxy groups -OCH3 is 2. The maximum Gasteiger partial charge on any atom is 0.339 e. The van der Waals surface area contributed by atoms with Gasteiger partial charge < -0.3 is 9.47 Å². The van der Waals surface area contributed by atoms with Crippen LogP contribution in [0.25, 0.3) is 5.65 Å². The highest BCUT2D eigenvalue weighted by molar-refractivity contribution is 7.89. The van der Waals surface area contributed by atoms with E-state index in [1.54, 1.807) is 0 Å². The van der Waals surface area contributed by atoms with Crippen molar-refractivity contribution >= 4 is 27.6 Å². The predicted octanol–water partition coefficient (Wildman–Crippen LogP) is 1.87. The van der Waals surface area contributed by atoms with E-state index in [1.165, 1.54) is 30.7 Å². The second-order valence-electron chi connectivity index (χ2n) is 7.36. The number of nitrogens with zero attached hydrogens (tertiary/aromatic N) is 4. The summed E-state index contributed by atoms with van der Waals surface area (Å²) in [5.41, 5.74) is 0.633. The van der Waals surface area contributed by atoms with Crippen LogP contribution in [0, 0.1) is 0 Å². The van der Waals surface area contributed by atoms with Gasteiger partial charge in [-0.15, -0.1) is 10.2 Å². The first-order valence-corrected chi connectivity index (χ1v) is 11.4. The molecule has 0 radical (unpaired) electrons. The van der Waals surface area contributed by atoms with Crippen LogP contribution in [0.1, 0.15) is 45.3 Å². The number of ether oxygens (including phenoxy) is 2. The van der Waals surface area contributed by atoms with Crippen molar-refractivity contribution in [2.45, 2.75) is 23.7 Å². The Morgan fingerprint density at radius 1 is 1.00 bits per heavy atom. The summed E-state index contributed by atoms with van der Waals surface area (Å²) in [5, 5.41) is 8.46. The van der Waals surface area contributed by atoms with Crippen molar-refractivity contribution in [1.82, 2.24) is 18.9 Å². The van der Waals surface area contributed by atoms with Crippen molar-refractivity contribution in [2.75, 3.05) is 27.3 Å². The zero-order valence-electron chi connectivity index (χ0n) is 17.6. The number of fused-ring (bicyclic) bond motifs is 1. The predicted molar refractivity (Wildman–Crippen MR) is 113 cm³/mol. The molecule has 0 aliphatic carbocycles. The molecule has 1 saturated heterocycles. The molecule has 0 spiro atoms. The Morgan fingerprint density at radius 2 is 1.72 bits per heavy atom. The van der Waals surface area contributed by atoms with Gasteiger partial charge in [-0.3, -0.25) is 4.40 Å². The molecule has 1 aliphatic heterocycles. The van der Waals surface area contributed by atoms with Gasteiger partial charge in [0.2, 0.25) is 10.0 Å². The first kappa shape index (κ1) is 21.9. The SMILES string of the molecule is COC(=O)c1ccc(C(=O)OC)c(S(=O)(=O)N2CCC(c3nnc4ccccn34)CC2)c1. The molecule has 0 atom stereocenters. The van der Waals surface area contributed by atoms with E-state index < -0.39 is 22.0 Å². The molecule has 0 bridgehead atoms. The summed E-state index contributed by atoms with van der Waals surface area (Å²) < 4.78 is 39.5. The zero-order valence-corrected chi connectivity index (χ0v) is 18.4. The van der Waals surface area contributed by atoms with Gasteiger partial charge >= 0.3 is 11.9 Å². The molecule has 1 aliphatic rings. The number of benzene rings is 1. The highest BCUT2D eigenvalue weighted by Crippen LogP contribution is 2.31. The monoisotopic (exact) mass is 458 g/mol. The maximum absolute atomic E-state index is 13.4. The van der Waals surface area contributed by atoms with Gasteiger partial charge in [-0.2, -0.15) is 4.31 Å². The number of carbonyl (C=O) groups is 2. The summed E-state index contributed by atoms with van der Waals surface area (Å²) in [6.07, 6.45) is 2.97. The van der Waals surface area contributed by atoms with Gasteiger partial charge in [-0.1, -0.05) is 6.07 Å². The van der Waals surface area contributed by atoms with Crippen molar-refractivity contribution < 1.29 is 27.5 Å². The third-order valence-corrected chi connectivity index (χ3v) is 7.52. The number of piperidine rings is 1. The summed E-state index contributed by atoms with van der Waals surface area (Å²) in [6.45, 7) is 0.468. The van der Waals surface area contributed by atoms with Gasteiger partial charge in [0.25, 0.3) is 0 Å². The van der Waals surface area contributed by atoms with E-state index in [0.29, 0.717) is 12.8 Å². The standard InChI is InChI=1S/C21H22N4O6S/c1-30-20(26)15-6-7-16(21(27)31-2)17(13-15)32(28,29)24-11-8-14(9-12-24)19-23-22-18-5-3-4-10-25(18)19/h3-7,10,13-14H,8-9,11-12H2,1-2H3. The Hall–Kier alpha value is -3.31. The van der Waals surface area contributed by atoms with Crippen molar-refractivity contribution in [3.63, 3.8) is 0 Å². The molecular formula is C21H22N4O6S. The Kier molecular flexibility index (Phi) is 5.94. The number of aromatic nitrogens is 3. The van der Waals surface area contributed by atoms with Crippen LogP contribution in [0.3, 0.4) is 0 Å². The van der Waals surface area contributed by atoms with E-state index in [2.05, 4.69) is 14.9 Å². The fraction of sp³-hybridized carbons (Fsp3) is 0.333. The lowest BCUT2D eigenvalue weighted by Crippen LogP contribution is -2.39. The highest BCUT2D eigenvalue weighted by Gasteiger charge is 2.34. The van der Waals surface area contributed by atoms with Gasteiger partial charge in [-0.05, 0) is 43.2 Å². The van der Waals surface area contributed by atoms with Crippen LogP contribution in [0.4, 0.5) is 0 Å². The lowest BCUT2D eigenvalue weighted by Gasteiger charge is -2.30. The molecule has 32 heavy (non-hydrogen) atoms. The smallest absolute Gasteiger partial charge is 0.339 e. The minimum absolute atomic E-state index is 0.0311. The molecule has 3 heterocycles. The van der Waals surface area contributed by atoms with Crippen molar-refractivity contribution in [3.8, 4) is 0 Å². The lowest BCUT2D eigenvalue weighted by atomic mass is 9.97. The molecule has 3 aromatic rings. The number of carbonyl (C=O) groups excluding carboxylic acids is 2. The van der Waals surface area contributed by atoms with E-state index >= 15 is 0 Å². The third-order valence-electron chi connectivity index (χ3n) is 5.59. The molecule has 168 valence electrons. The van der Waals surface area contributed by atoms with Crippen LogP contribution in [-0.4, -0.2) is 66.6 Å². The minimum Gasteiger partial charge on any atom is -0.465 e. The van der Waals surface area contributed by atoms with Gasteiger partial charge in [0.1, 0.15) is 5.82 Å². The Morgan fingerprint density at radius 3 is 2.41 bits per heavy atom. The fourth-order valence-corrected chi connectivity index (χ4v) is 5.57. The zero-order chi connectivity index (χ0) is 22.9. The first-order chi connectivity index (χ1) is 15.4. The number of sulfonamides is 1. The molecule has 1 fully saturated rings. The normalized spacial score (nSPS) is 15.6. The van der Waals surface area contributed by atoms with Crippen molar-refractivity contribution in [2.24, 2.45) is 0 Å². The molecule has 0 unspecified atom stereocenters. The second-order valence-corrected chi connectivity index (χ2v) is 9.27. The summed E-state index contributed by atoms with van der Waals surface area (Å²) in [7, 11) is -1.70. The van der Waals surface area contributed by atoms with E-state index in [9.17, 15) is 18.0 Å². The number of hydrogen-bond donors (Lipinski definition) is 0. The lowest BCUT2D eigenvalue weighted by molar-refractivity contribution is 0.0583. The van der Waals surface area contributed by atoms with Gasteiger partial charge in [-0.25, -0.2) is 18.0 Å². The number of pyridine rings is 1. The van der Waals surface area contributed by atoms with Gasteiger partial charge in [0, 0.05) is 25.2 Å². The van der Waals surface area contributed by atoms with Crippen LogP contribution in [0.15, 0.2) is 47.5 Å². The highest BCUT2D eigenvalue weighted by atomic mass is 32.2. The number of esters is 2. The van der Waals surface area contributed by atoms with E-state index in [1.807, 2.05) is 28.8 Å². The molecule has 1 aromatic carbocycles. The Labute approximate surface area is 184 Å². The summed E-state index contributed by atoms with van der Waals surface area (Å²) in [6, 6.07) is 9.39. The Bertz CT molecular complexity index is 1280. The average Bonchev–Trinajstić information content (AvgIpc) is 3.27. The average molecular weight is 458 g/mol. The van der Waals surface area contributed by atoms with Crippen LogP contribution in [0.2, 0.25) is 0 Å². The van der Waals surface area contributed by atoms with E-state index in [0.717, 1.165) is 17.5 Å². The van der Waals surface area contributed by atoms with Crippen LogP contribution >= 0.6 is 0 Å². The third kappa shape index (κ3) is 3.84. The van der Waals surface area contributed by atoms with Crippen LogP contribution in [0.5, 0.6) is 0 Å². The topological polar surface area (TPSA) is 120 Å². The summed E-state index contributed by atoms with van der Waals surface area (Å²) >= 11 is 0. The van der Waals surface area contributed by atoms with Crippen LogP contribution in [-0.2, 0) is 19.5 Å². The van der Waals surface area contributed by atoms with Crippen molar-refractivity contribution in [3.05, 3.63) is 59.5 Å². The minimum atomic E-state index is -4.06. The molecular weight excluding hydrogens is 436 g/mol. The summed E-state index contributed by atoms with van der Waals surface area (Å²) in [4.78, 5) is 23.9. The van der Waals surface area contributed by atoms with Gasteiger partial charge in [0.15, 0.2) is 5.65 Å². The molecule has 10 nitrogen and oxygen atoms in total. The van der Waals surface area contributed by atoms with Crippen molar-refractivity contribution in [1.29, 1.82) is 0 Å². The Balaban J connectivity index is 1.62. The number of rotatable bonds is 5. The number of hydrogen-bond acceptors (Lipinski definition) is 8. The van der Waals surface area contributed by atoms with E-state index in [4.69, 9.17) is 4.74 Å². The second kappa shape index (κ2) is 8.67. The molecule has 0 saturated carbocycles. The molecule has 4 rings (SSSR count). The fourth-order valence-electron chi connectivity index (χ4n) is 3.89. The quantitative estimate of drug-likeness (QED) is 0.532.